The number of ether oxygens (including phenoxy) is 1. The van der Waals surface area contributed by atoms with E-state index < -0.39 is 0 Å². The Morgan fingerprint density at radius 1 is 1.14 bits per heavy atom. The molecule has 0 amide bonds. The second-order valence-electron chi connectivity index (χ2n) is 4.31. The highest BCUT2D eigenvalue weighted by Gasteiger charge is 2.15. The summed E-state index contributed by atoms with van der Waals surface area (Å²) in [7, 11) is 1.52. The molecule has 0 aliphatic rings. The van der Waals surface area contributed by atoms with Gasteiger partial charge in [0.25, 0.3) is 5.89 Å². The lowest BCUT2D eigenvalue weighted by molar-refractivity contribution is 0.387. The summed E-state index contributed by atoms with van der Waals surface area (Å²) in [5.74, 6) is 2.10. The fourth-order valence-corrected chi connectivity index (χ4v) is 1.81. The van der Waals surface area contributed by atoms with Gasteiger partial charge in [-0.1, -0.05) is 10.3 Å². The molecule has 0 unspecified atom stereocenters. The Labute approximate surface area is 119 Å². The normalized spacial score (nSPS) is 10.8. The molecule has 108 valence electrons. The van der Waals surface area contributed by atoms with Gasteiger partial charge in [0.2, 0.25) is 5.89 Å². The number of hydrogen-bond acceptors (Lipinski definition) is 8. The Morgan fingerprint density at radius 2 is 1.90 bits per heavy atom. The van der Waals surface area contributed by atoms with Gasteiger partial charge in [-0.25, -0.2) is 0 Å². The summed E-state index contributed by atoms with van der Waals surface area (Å²) in [6, 6.07) is 4.81. The molecule has 0 spiro atoms. The van der Waals surface area contributed by atoms with Crippen LogP contribution < -0.4 is 4.74 Å². The highest BCUT2D eigenvalue weighted by molar-refractivity contribution is 5.63. The van der Waals surface area contributed by atoms with Crippen molar-refractivity contribution in [1.29, 1.82) is 0 Å². The van der Waals surface area contributed by atoms with Gasteiger partial charge in [0, 0.05) is 13.0 Å². The molecule has 0 radical (unpaired) electrons. The molecule has 0 bridgehead atoms. The van der Waals surface area contributed by atoms with Crippen LogP contribution in [0.15, 0.2) is 27.2 Å². The predicted molar refractivity (Wildman–Crippen MR) is 69.8 cm³/mol. The minimum absolute atomic E-state index is 0.0000412. The number of aromatic nitrogens is 4. The lowest BCUT2D eigenvalue weighted by Gasteiger charge is -2.02. The maximum absolute atomic E-state index is 9.93. The van der Waals surface area contributed by atoms with Crippen LogP contribution in [0.5, 0.6) is 11.5 Å². The Kier molecular flexibility index (Phi) is 3.27. The van der Waals surface area contributed by atoms with Crippen molar-refractivity contribution in [2.75, 3.05) is 7.11 Å². The lowest BCUT2D eigenvalue weighted by Crippen LogP contribution is -1.93. The number of aromatic hydroxyl groups is 1. The molecular formula is C13H12N4O4. The number of hydrogen-bond donors (Lipinski definition) is 1. The molecule has 0 atom stereocenters. The first-order valence-electron chi connectivity index (χ1n) is 6.15. The van der Waals surface area contributed by atoms with Crippen molar-refractivity contribution >= 4 is 0 Å². The van der Waals surface area contributed by atoms with E-state index in [0.29, 0.717) is 28.9 Å². The van der Waals surface area contributed by atoms with Crippen molar-refractivity contribution in [3.8, 4) is 23.0 Å². The SMILES string of the molecule is COc1ccc(-c2nc(Cc3noc(C)n3)no2)c(O)c1. The monoisotopic (exact) mass is 288 g/mol. The second kappa shape index (κ2) is 5.23. The smallest absolute Gasteiger partial charge is 0.261 e. The van der Waals surface area contributed by atoms with Crippen LogP contribution >= 0.6 is 0 Å². The second-order valence-corrected chi connectivity index (χ2v) is 4.31. The molecule has 1 N–H and O–H groups in total. The summed E-state index contributed by atoms with van der Waals surface area (Å²) in [6.45, 7) is 1.70. The van der Waals surface area contributed by atoms with E-state index >= 15 is 0 Å². The highest BCUT2D eigenvalue weighted by atomic mass is 16.5. The molecule has 21 heavy (non-hydrogen) atoms. The maximum atomic E-state index is 9.93. The van der Waals surface area contributed by atoms with Crippen LogP contribution in [0.4, 0.5) is 0 Å². The number of benzene rings is 1. The largest absolute Gasteiger partial charge is 0.507 e. The van der Waals surface area contributed by atoms with Crippen molar-refractivity contribution in [3.05, 3.63) is 35.7 Å². The quantitative estimate of drug-likeness (QED) is 0.773. The molecule has 0 aliphatic heterocycles. The first-order valence-corrected chi connectivity index (χ1v) is 6.15. The van der Waals surface area contributed by atoms with Crippen molar-refractivity contribution < 1.29 is 18.9 Å². The van der Waals surface area contributed by atoms with Crippen molar-refractivity contribution in [2.24, 2.45) is 0 Å². The zero-order chi connectivity index (χ0) is 14.8. The third-order valence-corrected chi connectivity index (χ3v) is 2.79. The third-order valence-electron chi connectivity index (χ3n) is 2.79. The number of rotatable bonds is 4. The first kappa shape index (κ1) is 13.1. The molecule has 8 nitrogen and oxygen atoms in total. The van der Waals surface area contributed by atoms with E-state index in [1.165, 1.54) is 13.2 Å². The number of phenolic OH excluding ortho intramolecular Hbond substituents is 1. The highest BCUT2D eigenvalue weighted by Crippen LogP contribution is 2.31. The van der Waals surface area contributed by atoms with E-state index in [-0.39, 0.29) is 18.1 Å². The summed E-state index contributed by atoms with van der Waals surface area (Å²) < 4.78 is 15.0. The van der Waals surface area contributed by atoms with Gasteiger partial charge in [-0.3, -0.25) is 0 Å². The minimum Gasteiger partial charge on any atom is -0.507 e. The van der Waals surface area contributed by atoms with Gasteiger partial charge in [0.05, 0.1) is 19.1 Å². The third kappa shape index (κ3) is 2.69. The number of nitrogens with zero attached hydrogens (tertiary/aromatic N) is 4. The van der Waals surface area contributed by atoms with Gasteiger partial charge < -0.3 is 18.9 Å². The molecule has 3 rings (SSSR count). The van der Waals surface area contributed by atoms with Crippen molar-refractivity contribution in [2.45, 2.75) is 13.3 Å². The average Bonchev–Trinajstić information content (AvgIpc) is 3.08. The van der Waals surface area contributed by atoms with Gasteiger partial charge >= 0.3 is 0 Å². The van der Waals surface area contributed by atoms with Crippen LogP contribution in [-0.2, 0) is 6.42 Å². The summed E-state index contributed by atoms with van der Waals surface area (Å²) in [5, 5.41) is 17.5. The van der Waals surface area contributed by atoms with E-state index in [2.05, 4.69) is 20.3 Å². The lowest BCUT2D eigenvalue weighted by atomic mass is 10.2. The van der Waals surface area contributed by atoms with Gasteiger partial charge in [-0.2, -0.15) is 9.97 Å². The van der Waals surface area contributed by atoms with Crippen LogP contribution in [0.3, 0.4) is 0 Å². The Balaban J connectivity index is 1.84. The molecule has 8 heteroatoms. The standard InChI is InChI=1S/C13H12N4O4/c1-7-14-11(16-20-7)6-12-15-13(21-17-12)9-4-3-8(19-2)5-10(9)18/h3-5,18H,6H2,1-2H3. The van der Waals surface area contributed by atoms with E-state index in [4.69, 9.17) is 13.8 Å². The van der Waals surface area contributed by atoms with Crippen LogP contribution in [0.25, 0.3) is 11.5 Å². The van der Waals surface area contributed by atoms with E-state index in [0.717, 1.165) is 0 Å². The summed E-state index contributed by atoms with van der Waals surface area (Å²) >= 11 is 0. The molecule has 3 aromatic rings. The first-order chi connectivity index (χ1) is 10.2. The summed E-state index contributed by atoms with van der Waals surface area (Å²) in [6.07, 6.45) is 0.289. The number of phenols is 1. The van der Waals surface area contributed by atoms with E-state index in [9.17, 15) is 5.11 Å². The molecule has 2 aromatic heterocycles. The van der Waals surface area contributed by atoms with E-state index in [1.54, 1.807) is 19.1 Å². The molecule has 0 saturated carbocycles. The van der Waals surface area contributed by atoms with Gasteiger partial charge in [0.1, 0.15) is 11.5 Å². The van der Waals surface area contributed by atoms with Gasteiger partial charge in [-0.05, 0) is 12.1 Å². The van der Waals surface area contributed by atoms with Crippen molar-refractivity contribution in [1.82, 2.24) is 20.3 Å². The minimum atomic E-state index is -0.0000412. The van der Waals surface area contributed by atoms with Gasteiger partial charge in [-0.15, -0.1) is 0 Å². The molecule has 1 aromatic carbocycles. The molecular weight excluding hydrogens is 276 g/mol. The Hall–Kier alpha value is -2.90. The number of methoxy groups -OCH3 is 1. The Morgan fingerprint density at radius 3 is 2.57 bits per heavy atom. The fourth-order valence-electron chi connectivity index (χ4n) is 1.81. The van der Waals surface area contributed by atoms with Crippen LogP contribution in [0.1, 0.15) is 17.5 Å². The predicted octanol–water partition coefficient (Wildman–Crippen LogP) is 1.73. The summed E-state index contributed by atoms with van der Waals surface area (Å²) in [4.78, 5) is 8.26. The van der Waals surface area contributed by atoms with Crippen molar-refractivity contribution in [3.63, 3.8) is 0 Å². The topological polar surface area (TPSA) is 107 Å². The zero-order valence-corrected chi connectivity index (χ0v) is 11.4. The zero-order valence-electron chi connectivity index (χ0n) is 11.4. The van der Waals surface area contributed by atoms with Crippen LogP contribution in [0, 0.1) is 6.92 Å². The van der Waals surface area contributed by atoms with E-state index in [1.807, 2.05) is 0 Å². The maximum Gasteiger partial charge on any atom is 0.261 e. The molecule has 0 aliphatic carbocycles. The molecule has 2 heterocycles. The molecule has 0 fully saturated rings. The average molecular weight is 288 g/mol. The molecule has 0 saturated heterocycles. The van der Waals surface area contributed by atoms with Crippen LogP contribution in [-0.4, -0.2) is 32.5 Å². The summed E-state index contributed by atoms with van der Waals surface area (Å²) in [5.41, 5.74) is 0.429. The number of aryl methyl sites for hydroxylation is 1. The van der Waals surface area contributed by atoms with Crippen LogP contribution in [0.2, 0.25) is 0 Å². The Bertz CT molecular complexity index is 765. The fraction of sp³-hybridized carbons (Fsp3) is 0.231. The van der Waals surface area contributed by atoms with Gasteiger partial charge in [0.15, 0.2) is 11.6 Å².